The lowest BCUT2D eigenvalue weighted by molar-refractivity contribution is 0.363. The van der Waals surface area contributed by atoms with Crippen LogP contribution < -0.4 is 0 Å². The molecule has 0 saturated carbocycles. The molecule has 2 nitrogen and oxygen atoms in total. The monoisotopic (exact) mass is 291 g/mol. The zero-order valence-corrected chi connectivity index (χ0v) is 14.1. The molecule has 0 N–H and O–H groups in total. The minimum absolute atomic E-state index is 0.0177. The Morgan fingerprint density at radius 3 is 1.95 bits per heavy atom. The van der Waals surface area contributed by atoms with Crippen molar-refractivity contribution < 1.29 is 4.21 Å². The number of hydrogen-bond acceptors (Lipinski definition) is 1. The Balaban J connectivity index is 2.96. The fourth-order valence-electron chi connectivity index (χ4n) is 2.26. The molecular weight excluding hydrogens is 266 g/mol. The van der Waals surface area contributed by atoms with Gasteiger partial charge >= 0.3 is 0 Å². The molecule has 110 valence electrons. The molecule has 3 heteroatoms. The highest BCUT2D eigenvalue weighted by Crippen LogP contribution is 2.39. The molecule has 0 bridgehead atoms. The van der Waals surface area contributed by atoms with Gasteiger partial charge in [0.15, 0.2) is 11.0 Å². The van der Waals surface area contributed by atoms with E-state index in [2.05, 4.69) is 45.9 Å². The van der Waals surface area contributed by atoms with Crippen molar-refractivity contribution in [2.75, 3.05) is 0 Å². The first-order chi connectivity index (χ1) is 9.10. The van der Waals surface area contributed by atoms with Crippen LogP contribution in [0, 0.1) is 10.8 Å². The van der Waals surface area contributed by atoms with Crippen LogP contribution in [0.5, 0.6) is 0 Å². The van der Waals surface area contributed by atoms with E-state index >= 15 is 0 Å². The minimum Gasteiger partial charge on any atom is -0.230 e. The molecule has 0 aliphatic rings. The van der Waals surface area contributed by atoms with Crippen LogP contribution in [0.25, 0.3) is 0 Å². The SMILES string of the molecule is CC(C)(C)C(=C[S@@](=O)N=Cc1ccccc1)C(C)(C)C. The average Bonchev–Trinajstić information content (AvgIpc) is 2.32. The molecule has 0 saturated heterocycles. The first-order valence-electron chi connectivity index (χ1n) is 6.83. The van der Waals surface area contributed by atoms with Crippen LogP contribution >= 0.6 is 0 Å². The molecule has 0 fully saturated rings. The summed E-state index contributed by atoms with van der Waals surface area (Å²) in [6.45, 7) is 12.8. The van der Waals surface area contributed by atoms with E-state index in [4.69, 9.17) is 0 Å². The van der Waals surface area contributed by atoms with Crippen LogP contribution in [0.1, 0.15) is 47.1 Å². The molecule has 1 aromatic rings. The van der Waals surface area contributed by atoms with Gasteiger partial charge in [-0.2, -0.15) is 4.40 Å². The highest BCUT2D eigenvalue weighted by Gasteiger charge is 2.28. The van der Waals surface area contributed by atoms with Gasteiger partial charge in [-0.1, -0.05) is 71.9 Å². The molecule has 0 amide bonds. The minimum atomic E-state index is -1.34. The fraction of sp³-hybridized carbons (Fsp3) is 0.471. The number of rotatable bonds is 3. The van der Waals surface area contributed by atoms with Gasteiger partial charge in [-0.3, -0.25) is 0 Å². The van der Waals surface area contributed by atoms with Crippen molar-refractivity contribution in [3.05, 3.63) is 46.9 Å². The highest BCUT2D eigenvalue weighted by atomic mass is 32.2. The quantitative estimate of drug-likeness (QED) is 0.739. The van der Waals surface area contributed by atoms with Crippen molar-refractivity contribution in [1.82, 2.24) is 0 Å². The van der Waals surface area contributed by atoms with Gasteiger partial charge < -0.3 is 0 Å². The maximum atomic E-state index is 12.2. The normalized spacial score (nSPS) is 14.3. The van der Waals surface area contributed by atoms with Crippen molar-refractivity contribution in [2.45, 2.75) is 41.5 Å². The molecular formula is C17H25NOS. The van der Waals surface area contributed by atoms with Gasteiger partial charge in [0.25, 0.3) is 0 Å². The third-order valence-corrected chi connectivity index (χ3v) is 3.69. The number of hydrogen-bond donors (Lipinski definition) is 0. The number of benzene rings is 1. The van der Waals surface area contributed by atoms with E-state index in [1.54, 1.807) is 11.6 Å². The van der Waals surface area contributed by atoms with E-state index < -0.39 is 11.0 Å². The van der Waals surface area contributed by atoms with Gasteiger partial charge in [0.2, 0.25) is 0 Å². The standard InChI is InChI=1S/C17H25NOS/c1-16(2,3)15(17(4,5)6)13-20(19)18-12-14-10-8-7-9-11-14/h7-13H,1-6H3/t20-/m1/s1. The average molecular weight is 291 g/mol. The van der Waals surface area contributed by atoms with Gasteiger partial charge in [0.1, 0.15) is 0 Å². The van der Waals surface area contributed by atoms with Crippen molar-refractivity contribution in [1.29, 1.82) is 0 Å². The highest BCUT2D eigenvalue weighted by molar-refractivity contribution is 7.86. The lowest BCUT2D eigenvalue weighted by Gasteiger charge is -2.33. The summed E-state index contributed by atoms with van der Waals surface area (Å²) in [6, 6.07) is 9.72. The number of nitrogens with zero attached hydrogens (tertiary/aromatic N) is 1. The summed E-state index contributed by atoms with van der Waals surface area (Å²) < 4.78 is 16.3. The van der Waals surface area contributed by atoms with E-state index in [0.717, 1.165) is 11.1 Å². The molecule has 0 radical (unpaired) electrons. The number of allylic oxidation sites excluding steroid dienone is 1. The second-order valence-corrected chi connectivity index (χ2v) is 7.95. The Morgan fingerprint density at radius 1 is 1.00 bits per heavy atom. The zero-order chi connectivity index (χ0) is 15.4. The molecule has 0 unspecified atom stereocenters. The van der Waals surface area contributed by atoms with Gasteiger partial charge in [-0.25, -0.2) is 4.21 Å². The second kappa shape index (κ2) is 6.49. The Labute approximate surface area is 125 Å². The molecule has 20 heavy (non-hydrogen) atoms. The fourth-order valence-corrected chi connectivity index (χ4v) is 3.46. The summed E-state index contributed by atoms with van der Waals surface area (Å²) in [5.74, 6) is 0. The second-order valence-electron chi connectivity index (χ2n) is 6.95. The topological polar surface area (TPSA) is 29.4 Å². The van der Waals surface area contributed by atoms with Crippen LogP contribution in [-0.2, 0) is 11.0 Å². The van der Waals surface area contributed by atoms with E-state index in [0.29, 0.717) is 0 Å². The molecule has 1 rings (SSSR count). The summed E-state index contributed by atoms with van der Waals surface area (Å²) >= 11 is 0. The van der Waals surface area contributed by atoms with E-state index in [1.807, 2.05) is 30.3 Å². The van der Waals surface area contributed by atoms with Crippen LogP contribution in [-0.4, -0.2) is 10.4 Å². The summed E-state index contributed by atoms with van der Waals surface area (Å²) in [5.41, 5.74) is 2.09. The Kier molecular flexibility index (Phi) is 5.46. The first-order valence-corrected chi connectivity index (χ1v) is 8.00. The van der Waals surface area contributed by atoms with E-state index in [-0.39, 0.29) is 10.8 Å². The largest absolute Gasteiger partial charge is 0.230 e. The Bertz CT molecular complexity index is 500. The van der Waals surface area contributed by atoms with Crippen LogP contribution in [0.15, 0.2) is 45.7 Å². The maximum absolute atomic E-state index is 12.2. The lowest BCUT2D eigenvalue weighted by Crippen LogP contribution is -2.22. The molecule has 1 aromatic carbocycles. The molecule has 1 atom stereocenters. The Morgan fingerprint density at radius 2 is 1.50 bits per heavy atom. The van der Waals surface area contributed by atoms with E-state index in [1.165, 1.54) is 0 Å². The lowest BCUT2D eigenvalue weighted by atomic mass is 9.73. The molecule has 0 aromatic heterocycles. The summed E-state index contributed by atoms with van der Waals surface area (Å²) in [6.07, 6.45) is 1.66. The van der Waals surface area contributed by atoms with Crippen LogP contribution in [0.3, 0.4) is 0 Å². The molecule has 0 aliphatic carbocycles. The summed E-state index contributed by atoms with van der Waals surface area (Å²) in [4.78, 5) is 0. The van der Waals surface area contributed by atoms with Gasteiger partial charge in [-0.15, -0.1) is 0 Å². The van der Waals surface area contributed by atoms with Crippen LogP contribution in [0.4, 0.5) is 0 Å². The third kappa shape index (κ3) is 5.41. The van der Waals surface area contributed by atoms with E-state index in [9.17, 15) is 4.21 Å². The summed E-state index contributed by atoms with van der Waals surface area (Å²) in [5, 5.41) is 1.79. The van der Waals surface area contributed by atoms with Gasteiger partial charge in [0, 0.05) is 11.6 Å². The van der Waals surface area contributed by atoms with Crippen molar-refractivity contribution >= 4 is 17.2 Å². The first kappa shape index (κ1) is 16.8. The van der Waals surface area contributed by atoms with Crippen molar-refractivity contribution in [3.8, 4) is 0 Å². The predicted molar refractivity (Wildman–Crippen MR) is 89.2 cm³/mol. The van der Waals surface area contributed by atoms with Crippen LogP contribution in [0.2, 0.25) is 0 Å². The predicted octanol–water partition coefficient (Wildman–Crippen LogP) is 4.75. The van der Waals surface area contributed by atoms with Crippen molar-refractivity contribution in [3.63, 3.8) is 0 Å². The third-order valence-electron chi connectivity index (χ3n) is 2.94. The van der Waals surface area contributed by atoms with Gasteiger partial charge in [-0.05, 0) is 22.0 Å². The smallest absolute Gasteiger partial charge is 0.165 e. The summed E-state index contributed by atoms with van der Waals surface area (Å²) in [7, 11) is -1.34. The van der Waals surface area contributed by atoms with Crippen molar-refractivity contribution in [2.24, 2.45) is 15.2 Å². The molecule has 0 heterocycles. The zero-order valence-electron chi connectivity index (χ0n) is 13.3. The molecule has 0 aliphatic heterocycles. The van der Waals surface area contributed by atoms with Gasteiger partial charge in [0.05, 0.1) is 0 Å². The maximum Gasteiger partial charge on any atom is 0.165 e. The Hall–Kier alpha value is -1.22. The molecule has 0 spiro atoms.